The fourth-order valence-corrected chi connectivity index (χ4v) is 2.34. The maximum Gasteiger partial charge on any atom is 0.181 e. The maximum absolute atomic E-state index is 5.35. The Morgan fingerprint density at radius 2 is 2.10 bits per heavy atom. The summed E-state index contributed by atoms with van der Waals surface area (Å²) in [4.78, 5) is 3.97. The van der Waals surface area contributed by atoms with Crippen LogP contribution in [0, 0.1) is 5.92 Å². The molecule has 0 bridgehead atoms. The summed E-state index contributed by atoms with van der Waals surface area (Å²) >= 11 is 0. The van der Waals surface area contributed by atoms with Crippen LogP contribution in [0.3, 0.4) is 0 Å². The van der Waals surface area contributed by atoms with Crippen LogP contribution < -0.4 is 5.32 Å². The monoisotopic (exact) mass is 272 g/mol. The number of benzene rings is 1. The maximum atomic E-state index is 5.35. The second-order valence-electron chi connectivity index (χ2n) is 5.45. The zero-order valence-electron chi connectivity index (χ0n) is 12.6. The third kappa shape index (κ3) is 3.86. The Bertz CT molecular complexity index is 507. The molecule has 2 unspecified atom stereocenters. The van der Waals surface area contributed by atoms with Crippen LogP contribution in [0.1, 0.15) is 40.0 Å². The fourth-order valence-electron chi connectivity index (χ4n) is 2.34. The predicted octanol–water partition coefficient (Wildman–Crippen LogP) is 4.97. The van der Waals surface area contributed by atoms with Gasteiger partial charge in [0, 0.05) is 17.3 Å². The van der Waals surface area contributed by atoms with Gasteiger partial charge in [0.05, 0.1) is 6.20 Å². The van der Waals surface area contributed by atoms with Crippen molar-refractivity contribution in [1.82, 2.24) is 4.98 Å². The Balaban J connectivity index is 2.07. The molecular weight excluding hydrogens is 248 g/mol. The molecule has 0 fully saturated rings. The molecule has 0 aliphatic heterocycles. The number of hydrogen-bond acceptors (Lipinski definition) is 3. The molecule has 0 radical (unpaired) electrons. The van der Waals surface area contributed by atoms with Crippen molar-refractivity contribution in [3.63, 3.8) is 0 Å². The second kappa shape index (κ2) is 7.13. The summed E-state index contributed by atoms with van der Waals surface area (Å²) in [7, 11) is 0. The normalized spacial score (nSPS) is 13.9. The van der Waals surface area contributed by atoms with Gasteiger partial charge in [0.1, 0.15) is 0 Å². The number of aromatic nitrogens is 1. The molecule has 108 valence electrons. The summed E-state index contributed by atoms with van der Waals surface area (Å²) in [5, 5.41) is 3.63. The topological polar surface area (TPSA) is 38.1 Å². The van der Waals surface area contributed by atoms with Gasteiger partial charge in [0.25, 0.3) is 0 Å². The van der Waals surface area contributed by atoms with Crippen molar-refractivity contribution in [2.75, 3.05) is 5.32 Å². The minimum Gasteiger partial charge on any atom is -0.444 e. The van der Waals surface area contributed by atoms with Crippen LogP contribution in [0.4, 0.5) is 5.69 Å². The average molecular weight is 272 g/mol. The third-order valence-corrected chi connectivity index (χ3v) is 3.83. The molecule has 0 aliphatic carbocycles. The van der Waals surface area contributed by atoms with Crippen LogP contribution >= 0.6 is 0 Å². The first-order valence-electron chi connectivity index (χ1n) is 7.48. The van der Waals surface area contributed by atoms with E-state index in [1.165, 1.54) is 19.2 Å². The van der Waals surface area contributed by atoms with Gasteiger partial charge in [0.15, 0.2) is 12.2 Å². The highest BCUT2D eigenvalue weighted by molar-refractivity contribution is 5.63. The molecule has 1 N–H and O–H groups in total. The van der Waals surface area contributed by atoms with Crippen molar-refractivity contribution in [3.8, 4) is 11.3 Å². The van der Waals surface area contributed by atoms with Crippen molar-refractivity contribution in [2.24, 2.45) is 5.92 Å². The van der Waals surface area contributed by atoms with Gasteiger partial charge < -0.3 is 9.73 Å². The van der Waals surface area contributed by atoms with E-state index in [4.69, 9.17) is 4.42 Å². The second-order valence-corrected chi connectivity index (χ2v) is 5.45. The van der Waals surface area contributed by atoms with Crippen molar-refractivity contribution >= 4 is 5.69 Å². The molecule has 1 heterocycles. The van der Waals surface area contributed by atoms with Crippen molar-refractivity contribution in [1.29, 1.82) is 0 Å². The lowest BCUT2D eigenvalue weighted by atomic mass is 9.97. The zero-order valence-corrected chi connectivity index (χ0v) is 12.6. The Kier molecular flexibility index (Phi) is 5.22. The van der Waals surface area contributed by atoms with Crippen LogP contribution in [0.2, 0.25) is 0 Å². The highest BCUT2D eigenvalue weighted by Crippen LogP contribution is 2.24. The molecular formula is C17H24N2O. The van der Waals surface area contributed by atoms with E-state index in [1.54, 1.807) is 6.20 Å². The molecule has 0 aliphatic rings. The van der Waals surface area contributed by atoms with Crippen molar-refractivity contribution < 1.29 is 4.42 Å². The third-order valence-electron chi connectivity index (χ3n) is 3.83. The number of nitrogens with zero attached hydrogens (tertiary/aromatic N) is 1. The standard InChI is InChI=1S/C17H24N2O/c1-4-13(3)9-15(5-2)19-16-8-6-7-14(10-16)17-11-18-12-20-17/h6-8,10-13,15,19H,4-5,9H2,1-3H3. The number of anilines is 1. The highest BCUT2D eigenvalue weighted by atomic mass is 16.3. The Hall–Kier alpha value is -1.77. The first-order valence-corrected chi connectivity index (χ1v) is 7.48. The van der Waals surface area contributed by atoms with E-state index in [-0.39, 0.29) is 0 Å². The summed E-state index contributed by atoms with van der Waals surface area (Å²) in [6, 6.07) is 8.85. The van der Waals surface area contributed by atoms with Crippen molar-refractivity contribution in [2.45, 2.75) is 46.1 Å². The zero-order chi connectivity index (χ0) is 14.4. The molecule has 1 aromatic heterocycles. The number of oxazole rings is 1. The van der Waals surface area contributed by atoms with Gasteiger partial charge in [-0.3, -0.25) is 0 Å². The lowest BCUT2D eigenvalue weighted by Crippen LogP contribution is -2.21. The van der Waals surface area contributed by atoms with Gasteiger partial charge in [-0.05, 0) is 30.9 Å². The molecule has 1 aromatic carbocycles. The molecule has 0 amide bonds. The molecule has 0 saturated heterocycles. The van der Waals surface area contributed by atoms with Gasteiger partial charge >= 0.3 is 0 Å². The molecule has 0 spiro atoms. The summed E-state index contributed by atoms with van der Waals surface area (Å²) in [6.07, 6.45) is 6.79. The van der Waals surface area contributed by atoms with Crippen LogP contribution in [0.15, 0.2) is 41.3 Å². The van der Waals surface area contributed by atoms with E-state index in [1.807, 2.05) is 6.07 Å². The number of hydrogen-bond donors (Lipinski definition) is 1. The lowest BCUT2D eigenvalue weighted by Gasteiger charge is -2.21. The van der Waals surface area contributed by atoms with Crippen LogP contribution in [0.5, 0.6) is 0 Å². The van der Waals surface area contributed by atoms with Crippen molar-refractivity contribution in [3.05, 3.63) is 36.9 Å². The molecule has 3 heteroatoms. The minimum absolute atomic E-state index is 0.523. The van der Waals surface area contributed by atoms with Crippen LogP contribution in [0.25, 0.3) is 11.3 Å². The largest absolute Gasteiger partial charge is 0.444 e. The Labute approximate surface area is 121 Å². The van der Waals surface area contributed by atoms with E-state index < -0.39 is 0 Å². The Morgan fingerprint density at radius 3 is 2.75 bits per heavy atom. The van der Waals surface area contributed by atoms with Gasteiger partial charge in [-0.2, -0.15) is 0 Å². The summed E-state index contributed by atoms with van der Waals surface area (Å²) in [6.45, 7) is 6.80. The molecule has 2 aromatic rings. The van der Waals surface area contributed by atoms with E-state index >= 15 is 0 Å². The lowest BCUT2D eigenvalue weighted by molar-refractivity contribution is 0.462. The van der Waals surface area contributed by atoms with E-state index in [9.17, 15) is 0 Å². The van der Waals surface area contributed by atoms with Gasteiger partial charge in [-0.1, -0.05) is 39.3 Å². The minimum atomic E-state index is 0.523. The molecule has 2 rings (SSSR count). The smallest absolute Gasteiger partial charge is 0.181 e. The van der Waals surface area contributed by atoms with Gasteiger partial charge in [0.2, 0.25) is 0 Å². The predicted molar refractivity (Wildman–Crippen MR) is 83.7 cm³/mol. The molecule has 2 atom stereocenters. The summed E-state index contributed by atoms with van der Waals surface area (Å²) in [5.74, 6) is 1.56. The van der Waals surface area contributed by atoms with Crippen LogP contribution in [-0.4, -0.2) is 11.0 Å². The SMILES string of the molecule is CCC(C)CC(CC)Nc1cccc(-c2cnco2)c1. The first-order chi connectivity index (χ1) is 9.72. The average Bonchev–Trinajstić information content (AvgIpc) is 3.01. The summed E-state index contributed by atoms with van der Waals surface area (Å²) < 4.78 is 5.35. The van der Waals surface area contributed by atoms with Crippen LogP contribution in [-0.2, 0) is 0 Å². The number of nitrogens with one attached hydrogen (secondary N) is 1. The van der Waals surface area contributed by atoms with Gasteiger partial charge in [-0.15, -0.1) is 0 Å². The van der Waals surface area contributed by atoms with E-state index in [0.29, 0.717) is 6.04 Å². The first kappa shape index (κ1) is 14.6. The molecule has 0 saturated carbocycles. The van der Waals surface area contributed by atoms with E-state index in [2.05, 4.69) is 49.3 Å². The van der Waals surface area contributed by atoms with E-state index in [0.717, 1.165) is 29.3 Å². The number of rotatable bonds is 7. The quantitative estimate of drug-likeness (QED) is 0.773. The Morgan fingerprint density at radius 1 is 1.25 bits per heavy atom. The molecule has 20 heavy (non-hydrogen) atoms. The van der Waals surface area contributed by atoms with Gasteiger partial charge in [-0.25, -0.2) is 4.98 Å². The highest BCUT2D eigenvalue weighted by Gasteiger charge is 2.11. The molecule has 3 nitrogen and oxygen atoms in total. The fraction of sp³-hybridized carbons (Fsp3) is 0.471. The summed E-state index contributed by atoms with van der Waals surface area (Å²) in [5.41, 5.74) is 2.21.